The van der Waals surface area contributed by atoms with Crippen LogP contribution >= 0.6 is 23.6 Å². The van der Waals surface area contributed by atoms with Crippen molar-refractivity contribution in [3.8, 4) is 0 Å². The summed E-state index contributed by atoms with van der Waals surface area (Å²) in [6.07, 6.45) is -4.45. The number of benzene rings is 1. The number of halogens is 3. The second-order valence-corrected chi connectivity index (χ2v) is 7.54. The summed E-state index contributed by atoms with van der Waals surface area (Å²) in [7, 11) is 1.10. The largest absolute Gasteiger partial charge is 0.467 e. The van der Waals surface area contributed by atoms with Crippen LogP contribution in [0, 0.1) is 0 Å². The van der Waals surface area contributed by atoms with E-state index in [1.54, 1.807) is 29.6 Å². The molecule has 0 radical (unpaired) electrons. The van der Waals surface area contributed by atoms with Crippen molar-refractivity contribution in [1.82, 2.24) is 0 Å². The lowest BCUT2D eigenvalue weighted by Gasteiger charge is -2.34. The van der Waals surface area contributed by atoms with E-state index in [-0.39, 0.29) is 22.6 Å². The summed E-state index contributed by atoms with van der Waals surface area (Å²) in [5.74, 6) is 0. The Balaban J connectivity index is 2.00. The molecule has 26 heavy (non-hydrogen) atoms. The third-order valence-electron chi connectivity index (χ3n) is 4.40. The van der Waals surface area contributed by atoms with Crippen molar-refractivity contribution in [3.05, 3.63) is 51.7 Å². The fourth-order valence-electron chi connectivity index (χ4n) is 3.13. The molecule has 0 aliphatic carbocycles. The number of hydrogen-bond acceptors (Lipinski definition) is 4. The van der Waals surface area contributed by atoms with Crippen molar-refractivity contribution in [3.63, 3.8) is 0 Å². The molecule has 1 aromatic carbocycles. The molecule has 2 aromatic rings. The first-order chi connectivity index (χ1) is 12.2. The van der Waals surface area contributed by atoms with Gasteiger partial charge in [-0.3, -0.25) is 0 Å². The molecule has 0 fully saturated rings. The van der Waals surface area contributed by atoms with Gasteiger partial charge in [0.1, 0.15) is 6.10 Å². The van der Waals surface area contributed by atoms with Gasteiger partial charge < -0.3 is 14.8 Å². The van der Waals surface area contributed by atoms with Crippen molar-refractivity contribution in [2.45, 2.75) is 37.6 Å². The number of rotatable bonds is 4. The number of nitrogens with one attached hydrogen (secondary N) is 1. The molecule has 1 aromatic heterocycles. The van der Waals surface area contributed by atoms with Crippen molar-refractivity contribution < 1.29 is 22.6 Å². The van der Waals surface area contributed by atoms with Gasteiger partial charge in [-0.1, -0.05) is 18.2 Å². The predicted octanol–water partition coefficient (Wildman–Crippen LogP) is 5.05. The molecule has 3 rings (SSSR count). The minimum absolute atomic E-state index is 0.137. The summed E-state index contributed by atoms with van der Waals surface area (Å²) in [4.78, 5) is 0.137. The molecule has 0 saturated heterocycles. The molecule has 1 aliphatic rings. The van der Waals surface area contributed by atoms with E-state index >= 15 is 0 Å². The van der Waals surface area contributed by atoms with Crippen LogP contribution in [0.3, 0.4) is 0 Å². The lowest BCUT2D eigenvalue weighted by molar-refractivity contribution is -0.275. The Morgan fingerprint density at radius 2 is 2.12 bits per heavy atom. The zero-order chi connectivity index (χ0) is 18.9. The molecular weight excluding hydrogens is 383 g/mol. The Kier molecular flexibility index (Phi) is 5.28. The minimum atomic E-state index is -4.55. The molecule has 0 bridgehead atoms. The van der Waals surface area contributed by atoms with Crippen molar-refractivity contribution >= 4 is 34.4 Å². The maximum Gasteiger partial charge on any atom is 0.422 e. The number of thiocarbonyl (C=S) groups is 1. The topological polar surface area (TPSA) is 30.5 Å². The van der Waals surface area contributed by atoms with E-state index in [9.17, 15) is 13.2 Å². The van der Waals surface area contributed by atoms with Crippen LogP contribution in [0.5, 0.6) is 0 Å². The monoisotopic (exact) mass is 401 g/mol. The maximum absolute atomic E-state index is 14.0. The van der Waals surface area contributed by atoms with Gasteiger partial charge in [0.15, 0.2) is 0 Å². The first-order valence-corrected chi connectivity index (χ1v) is 9.29. The third kappa shape index (κ3) is 3.58. The van der Waals surface area contributed by atoms with Crippen LogP contribution in [0.15, 0.2) is 35.7 Å². The van der Waals surface area contributed by atoms with Gasteiger partial charge in [-0.05, 0) is 47.8 Å². The Labute approximate surface area is 159 Å². The molecule has 8 heteroatoms. The molecule has 0 amide bonds. The molecule has 2 atom stereocenters. The Bertz CT molecular complexity index is 792. The predicted molar refractivity (Wildman–Crippen MR) is 99.7 cm³/mol. The number of hydrogen-bond donors (Lipinski definition) is 1. The SMILES string of the molecule is COC(Cc1ccc2c(c1)CC(C)OC(=S)N2)(c1cccs1)C(F)(F)F. The Morgan fingerprint density at radius 3 is 2.73 bits per heavy atom. The normalized spacial score (nSPS) is 19.7. The maximum atomic E-state index is 14.0. The van der Waals surface area contributed by atoms with E-state index in [0.29, 0.717) is 12.0 Å². The number of anilines is 1. The summed E-state index contributed by atoms with van der Waals surface area (Å²) >= 11 is 6.13. The first kappa shape index (κ1) is 19.1. The van der Waals surface area contributed by atoms with Gasteiger partial charge in [-0.15, -0.1) is 11.3 Å². The van der Waals surface area contributed by atoms with E-state index < -0.39 is 11.8 Å². The van der Waals surface area contributed by atoms with E-state index in [1.165, 1.54) is 6.07 Å². The summed E-state index contributed by atoms with van der Waals surface area (Å²) < 4.78 is 52.5. The smallest absolute Gasteiger partial charge is 0.422 e. The zero-order valence-electron chi connectivity index (χ0n) is 14.2. The Morgan fingerprint density at radius 1 is 1.35 bits per heavy atom. The summed E-state index contributed by atoms with van der Waals surface area (Å²) in [5, 5.41) is 4.86. The highest BCUT2D eigenvalue weighted by atomic mass is 32.1. The lowest BCUT2D eigenvalue weighted by Crippen LogP contribution is -2.45. The second-order valence-electron chi connectivity index (χ2n) is 6.22. The van der Waals surface area contributed by atoms with E-state index in [2.05, 4.69) is 5.32 Å². The third-order valence-corrected chi connectivity index (χ3v) is 5.61. The summed E-state index contributed by atoms with van der Waals surface area (Å²) in [6, 6.07) is 8.23. The van der Waals surface area contributed by atoms with Crippen molar-refractivity contribution in [2.24, 2.45) is 0 Å². The van der Waals surface area contributed by atoms with Gasteiger partial charge in [0.25, 0.3) is 5.17 Å². The first-order valence-electron chi connectivity index (χ1n) is 8.00. The standard InChI is InChI=1S/C18H18F3NO2S2/c1-11-8-13-9-12(5-6-14(13)22-16(25)24-11)10-17(23-2,18(19,20)21)15-4-3-7-26-15/h3-7,9,11H,8,10H2,1-2H3,(H,22,25). The van der Waals surface area contributed by atoms with Crippen LogP contribution in [-0.2, 0) is 27.9 Å². The molecule has 1 aliphatic heterocycles. The fourth-order valence-corrected chi connectivity index (χ4v) is 4.33. The number of ether oxygens (including phenoxy) is 2. The average Bonchev–Trinajstić information content (AvgIpc) is 3.03. The van der Waals surface area contributed by atoms with Gasteiger partial charge in [-0.25, -0.2) is 0 Å². The molecule has 2 heterocycles. The molecular formula is C18H18F3NO2S2. The van der Waals surface area contributed by atoms with Gasteiger partial charge in [0.2, 0.25) is 5.60 Å². The number of fused-ring (bicyclic) bond motifs is 1. The van der Waals surface area contributed by atoms with Crippen LogP contribution < -0.4 is 5.32 Å². The van der Waals surface area contributed by atoms with Crippen LogP contribution in [0.1, 0.15) is 22.9 Å². The van der Waals surface area contributed by atoms with Gasteiger partial charge in [0.05, 0.1) is 0 Å². The molecule has 0 spiro atoms. The second kappa shape index (κ2) is 7.17. The molecule has 3 nitrogen and oxygen atoms in total. The van der Waals surface area contributed by atoms with Crippen molar-refractivity contribution in [2.75, 3.05) is 12.4 Å². The lowest BCUT2D eigenvalue weighted by atomic mass is 9.90. The minimum Gasteiger partial charge on any atom is -0.467 e. The number of methoxy groups -OCH3 is 1. The molecule has 1 N–H and O–H groups in total. The average molecular weight is 401 g/mol. The zero-order valence-corrected chi connectivity index (χ0v) is 15.9. The van der Waals surface area contributed by atoms with Gasteiger partial charge in [0, 0.05) is 30.5 Å². The van der Waals surface area contributed by atoms with Crippen LogP contribution in [0.25, 0.3) is 0 Å². The van der Waals surface area contributed by atoms with Crippen LogP contribution in [-0.4, -0.2) is 24.6 Å². The Hall–Kier alpha value is -1.64. The van der Waals surface area contributed by atoms with E-state index in [1.807, 2.05) is 6.92 Å². The molecule has 2 unspecified atom stereocenters. The van der Waals surface area contributed by atoms with Crippen molar-refractivity contribution in [1.29, 1.82) is 0 Å². The highest BCUT2D eigenvalue weighted by molar-refractivity contribution is 7.80. The number of thiophene rings is 1. The van der Waals surface area contributed by atoms with Crippen LogP contribution in [0.2, 0.25) is 0 Å². The summed E-state index contributed by atoms with van der Waals surface area (Å²) in [6.45, 7) is 1.87. The molecule has 0 saturated carbocycles. The van der Waals surface area contributed by atoms with E-state index in [4.69, 9.17) is 21.7 Å². The fraction of sp³-hybridized carbons (Fsp3) is 0.389. The highest BCUT2D eigenvalue weighted by Crippen LogP contribution is 2.46. The van der Waals surface area contributed by atoms with Crippen LogP contribution in [0.4, 0.5) is 18.9 Å². The molecule has 140 valence electrons. The van der Waals surface area contributed by atoms with E-state index in [0.717, 1.165) is 29.7 Å². The summed E-state index contributed by atoms with van der Waals surface area (Å²) in [5.41, 5.74) is -0.203. The highest BCUT2D eigenvalue weighted by Gasteiger charge is 2.57. The van der Waals surface area contributed by atoms with Gasteiger partial charge >= 0.3 is 6.18 Å². The number of alkyl halides is 3. The van der Waals surface area contributed by atoms with Gasteiger partial charge in [-0.2, -0.15) is 13.2 Å². The quantitative estimate of drug-likeness (QED) is 0.726.